The first-order chi connectivity index (χ1) is 22.9. The second-order valence-electron chi connectivity index (χ2n) is 10.2. The Balaban J connectivity index is 1.55. The van der Waals surface area contributed by atoms with Gasteiger partial charge in [-0.1, -0.05) is 0 Å². The van der Waals surface area contributed by atoms with Crippen LogP contribution in [-0.4, -0.2) is 51.5 Å². The minimum atomic E-state index is -5.06. The molecule has 49 heavy (non-hydrogen) atoms. The van der Waals surface area contributed by atoms with Gasteiger partial charge in [-0.2, -0.15) is 16.8 Å². The van der Waals surface area contributed by atoms with Gasteiger partial charge in [-0.3, -0.25) is 18.7 Å². The highest BCUT2D eigenvalue weighted by Gasteiger charge is 2.25. The molecule has 0 atom stereocenters. The van der Waals surface area contributed by atoms with Crippen molar-refractivity contribution in [3.8, 4) is 74.0 Å². The number of benzene rings is 4. The third-order valence-corrected chi connectivity index (χ3v) is 7.76. The zero-order valence-electron chi connectivity index (χ0n) is 23.9. The van der Waals surface area contributed by atoms with E-state index in [-0.39, 0.29) is 33.8 Å². The molecule has 17 nitrogen and oxygen atoms in total. The highest BCUT2D eigenvalue weighted by molar-refractivity contribution is 7.81. The molecule has 7 N–H and O–H groups in total. The van der Waals surface area contributed by atoms with E-state index >= 15 is 0 Å². The summed E-state index contributed by atoms with van der Waals surface area (Å²) < 4.78 is 82.5. The van der Waals surface area contributed by atoms with Gasteiger partial charge in [0.2, 0.25) is 11.2 Å². The second kappa shape index (κ2) is 11.5. The molecule has 0 radical (unpaired) electrons. The molecular formula is C30H18O17S2. The topological polar surface area (TPSA) is 289 Å². The molecule has 0 aliphatic rings. The van der Waals surface area contributed by atoms with E-state index in [9.17, 15) is 52.0 Å². The monoisotopic (exact) mass is 714 g/mol. The van der Waals surface area contributed by atoms with Crippen LogP contribution in [0.3, 0.4) is 0 Å². The molecule has 6 rings (SSSR count). The van der Waals surface area contributed by atoms with E-state index in [0.717, 1.165) is 42.5 Å². The third kappa shape index (κ3) is 6.24. The lowest BCUT2D eigenvalue weighted by atomic mass is 9.96. The first kappa shape index (κ1) is 32.7. The van der Waals surface area contributed by atoms with Crippen LogP contribution in [0.2, 0.25) is 0 Å². The highest BCUT2D eigenvalue weighted by atomic mass is 32.3. The lowest BCUT2D eigenvalue weighted by Crippen LogP contribution is -2.08. The summed E-state index contributed by atoms with van der Waals surface area (Å²) in [6.45, 7) is 0. The third-order valence-electron chi connectivity index (χ3n) is 6.95. The summed E-state index contributed by atoms with van der Waals surface area (Å²) in [6, 6.07) is 11.4. The molecule has 0 amide bonds. The molecule has 0 aliphatic carbocycles. The number of hydrogen-bond donors (Lipinski definition) is 7. The van der Waals surface area contributed by atoms with Crippen LogP contribution in [0.1, 0.15) is 0 Å². The van der Waals surface area contributed by atoms with Crippen molar-refractivity contribution in [3.63, 3.8) is 0 Å². The molecule has 252 valence electrons. The maximum atomic E-state index is 13.2. The Hall–Kier alpha value is -6.28. The van der Waals surface area contributed by atoms with Gasteiger partial charge in [-0.05, 0) is 42.5 Å². The number of phenols is 4. The molecule has 2 aromatic heterocycles. The van der Waals surface area contributed by atoms with Crippen molar-refractivity contribution in [2.24, 2.45) is 0 Å². The zero-order chi connectivity index (χ0) is 35.6. The van der Waals surface area contributed by atoms with Gasteiger partial charge in [0.15, 0.2) is 22.5 Å². The highest BCUT2D eigenvalue weighted by Crippen LogP contribution is 2.46. The first-order valence-corrected chi connectivity index (χ1v) is 16.0. The molecule has 0 spiro atoms. The van der Waals surface area contributed by atoms with Crippen LogP contribution in [0, 0.1) is 0 Å². The van der Waals surface area contributed by atoms with Crippen molar-refractivity contribution in [3.05, 3.63) is 87.2 Å². The minimum Gasteiger partial charge on any atom is -0.507 e. The van der Waals surface area contributed by atoms with Crippen LogP contribution >= 0.6 is 0 Å². The van der Waals surface area contributed by atoms with E-state index in [1.54, 1.807) is 0 Å². The second-order valence-corrected chi connectivity index (χ2v) is 12.2. The molecule has 0 saturated carbocycles. The predicted molar refractivity (Wildman–Crippen MR) is 168 cm³/mol. The van der Waals surface area contributed by atoms with Crippen molar-refractivity contribution in [1.82, 2.24) is 0 Å². The van der Waals surface area contributed by atoms with Crippen molar-refractivity contribution in [2.45, 2.75) is 0 Å². The van der Waals surface area contributed by atoms with Crippen LogP contribution in [0.5, 0.6) is 40.2 Å². The van der Waals surface area contributed by atoms with E-state index in [0.29, 0.717) is 6.07 Å². The molecular weight excluding hydrogens is 696 g/mol. The number of hydrogen-bond acceptors (Lipinski definition) is 15. The fourth-order valence-corrected chi connectivity index (χ4v) is 5.70. The number of aromatic hydroxyl groups is 5. The van der Waals surface area contributed by atoms with Crippen LogP contribution in [0.25, 0.3) is 55.7 Å². The molecule has 6 aromatic rings. The van der Waals surface area contributed by atoms with Crippen molar-refractivity contribution in [2.75, 3.05) is 0 Å². The number of rotatable bonds is 7. The van der Waals surface area contributed by atoms with E-state index in [4.69, 9.17) is 17.9 Å². The Kier molecular flexibility index (Phi) is 7.63. The van der Waals surface area contributed by atoms with E-state index < -0.39 is 93.9 Å². The van der Waals surface area contributed by atoms with Crippen LogP contribution in [-0.2, 0) is 20.8 Å². The van der Waals surface area contributed by atoms with Gasteiger partial charge < -0.3 is 42.7 Å². The summed E-state index contributed by atoms with van der Waals surface area (Å²) in [5.41, 5.74) is -3.59. The zero-order valence-corrected chi connectivity index (χ0v) is 25.5. The molecule has 0 bridgehead atoms. The Morgan fingerprint density at radius 2 is 1.20 bits per heavy atom. The fraction of sp³-hybridized carbons (Fsp3) is 0. The van der Waals surface area contributed by atoms with Gasteiger partial charge in [0.05, 0.1) is 5.56 Å². The summed E-state index contributed by atoms with van der Waals surface area (Å²) in [5, 5.41) is 52.4. The maximum Gasteiger partial charge on any atom is 0.446 e. The van der Waals surface area contributed by atoms with Gasteiger partial charge in [0.1, 0.15) is 50.9 Å². The molecule has 4 aromatic carbocycles. The lowest BCUT2D eigenvalue weighted by Gasteiger charge is -2.14. The largest absolute Gasteiger partial charge is 0.507 e. The van der Waals surface area contributed by atoms with Crippen LogP contribution in [0.4, 0.5) is 0 Å². The average Bonchev–Trinajstić information content (AvgIpc) is 2.98. The lowest BCUT2D eigenvalue weighted by molar-refractivity contribution is 0.383. The minimum absolute atomic E-state index is 0.154. The number of phenolic OH excluding ortho intramolecular Hbond substituents is 4. The molecule has 0 fully saturated rings. The maximum absolute atomic E-state index is 13.2. The van der Waals surface area contributed by atoms with Crippen LogP contribution in [0.15, 0.2) is 85.2 Å². The van der Waals surface area contributed by atoms with Crippen molar-refractivity contribution in [1.29, 1.82) is 0 Å². The van der Waals surface area contributed by atoms with Gasteiger partial charge in [0, 0.05) is 41.0 Å². The quantitative estimate of drug-likeness (QED) is 0.116. The molecule has 19 heteroatoms. The smallest absolute Gasteiger partial charge is 0.446 e. The standard InChI is InChI=1S/C30H18O17S2/c31-17-6-3-13(29-28(37)27(36)26-18(32)8-15(9-23(26)45-29)47-49(41,42)43)7-16(17)24-19(33)10-20(34)25-21(35)11-22(44-30(24)25)12-1-4-14(5-2-12)46-48(38,39)40/h1-11,31-34,37H,(H,38,39,40)(H,41,42,43). The summed E-state index contributed by atoms with van der Waals surface area (Å²) in [5.74, 6) is -5.57. The molecule has 0 unspecified atom stereocenters. The summed E-state index contributed by atoms with van der Waals surface area (Å²) in [6.07, 6.45) is 0. The Morgan fingerprint density at radius 1 is 0.592 bits per heavy atom. The molecule has 2 heterocycles. The van der Waals surface area contributed by atoms with Gasteiger partial charge in [-0.15, -0.1) is 0 Å². The van der Waals surface area contributed by atoms with E-state index in [1.807, 2.05) is 0 Å². The predicted octanol–water partition coefficient (Wildman–Crippen LogP) is 3.79. The van der Waals surface area contributed by atoms with Gasteiger partial charge >= 0.3 is 20.8 Å². The SMILES string of the molecule is O=c1c(O)c(-c2ccc(O)c(-c3c(O)cc(O)c4c(=O)cc(-c5ccc(OS(=O)(=O)O)cc5)oc34)c2)oc2cc(OS(=O)(=O)O)cc(O)c12. The van der Waals surface area contributed by atoms with E-state index in [2.05, 4.69) is 8.37 Å². The van der Waals surface area contributed by atoms with Crippen molar-refractivity contribution < 1.29 is 68.7 Å². The first-order valence-electron chi connectivity index (χ1n) is 13.2. The van der Waals surface area contributed by atoms with E-state index in [1.165, 1.54) is 18.2 Å². The summed E-state index contributed by atoms with van der Waals surface area (Å²) in [4.78, 5) is 26.2. The Bertz CT molecular complexity index is 2690. The van der Waals surface area contributed by atoms with Crippen LogP contribution < -0.4 is 19.2 Å². The Labute approximate surface area is 272 Å². The fourth-order valence-electron chi connectivity index (χ4n) is 5.01. The van der Waals surface area contributed by atoms with Gasteiger partial charge in [-0.25, -0.2) is 0 Å². The van der Waals surface area contributed by atoms with Crippen molar-refractivity contribution >= 4 is 42.7 Å². The van der Waals surface area contributed by atoms with Gasteiger partial charge in [0.25, 0.3) is 0 Å². The average molecular weight is 715 g/mol. The molecule has 0 saturated heterocycles. The normalized spacial score (nSPS) is 12.0. The summed E-state index contributed by atoms with van der Waals surface area (Å²) in [7, 11) is -9.89. The molecule has 0 aliphatic heterocycles. The number of fused-ring (bicyclic) bond motifs is 2. The Morgan fingerprint density at radius 3 is 1.86 bits per heavy atom. The summed E-state index contributed by atoms with van der Waals surface area (Å²) >= 11 is 0.